The Morgan fingerprint density at radius 1 is 1.22 bits per heavy atom. The third-order valence-corrected chi connectivity index (χ3v) is 4.06. The van der Waals surface area contributed by atoms with Gasteiger partial charge in [0.1, 0.15) is 0 Å². The number of nitrogens with zero attached hydrogens (tertiary/aromatic N) is 1. The molecule has 96 valence electrons. The maximum Gasteiger partial charge on any atom is 0.0801 e. The molecule has 1 unspecified atom stereocenters. The Labute approximate surface area is 112 Å². The van der Waals surface area contributed by atoms with E-state index in [0.717, 1.165) is 11.3 Å². The third kappa shape index (κ3) is 2.61. The van der Waals surface area contributed by atoms with Gasteiger partial charge >= 0.3 is 0 Å². The molecule has 0 aliphatic rings. The number of nitrogens with two attached hydrogens (primary N) is 2. The normalized spacial score (nSPS) is 13.6. The van der Waals surface area contributed by atoms with Gasteiger partial charge in [-0.05, 0) is 31.9 Å². The number of hydrogen-bond donors (Lipinski definition) is 2. The lowest BCUT2D eigenvalue weighted by Gasteiger charge is -2.27. The SMILES string of the molecule is Cc1ncsc1-c1ccc(C(N)C(C)(C)N)cc1. The molecule has 2 aromatic rings. The van der Waals surface area contributed by atoms with Crippen molar-refractivity contribution < 1.29 is 0 Å². The summed E-state index contributed by atoms with van der Waals surface area (Å²) in [5, 5.41) is 0. The van der Waals surface area contributed by atoms with Crippen molar-refractivity contribution in [3.8, 4) is 10.4 Å². The second-order valence-corrected chi connectivity index (χ2v) is 6.04. The highest BCUT2D eigenvalue weighted by Gasteiger charge is 2.22. The first-order valence-electron chi connectivity index (χ1n) is 5.94. The number of benzene rings is 1. The summed E-state index contributed by atoms with van der Waals surface area (Å²) in [6.45, 7) is 5.91. The standard InChI is InChI=1S/C14H19N3S/c1-9-12(18-8-17-9)10-4-6-11(7-5-10)13(15)14(2,3)16/h4-8,13H,15-16H2,1-3H3. The molecule has 0 fully saturated rings. The maximum atomic E-state index is 6.14. The molecule has 1 aromatic heterocycles. The summed E-state index contributed by atoms with van der Waals surface area (Å²) >= 11 is 1.66. The molecule has 0 spiro atoms. The molecular formula is C14H19N3S. The lowest BCUT2D eigenvalue weighted by molar-refractivity contribution is 0.420. The summed E-state index contributed by atoms with van der Waals surface area (Å²) < 4.78 is 0. The summed E-state index contributed by atoms with van der Waals surface area (Å²) in [7, 11) is 0. The third-order valence-electron chi connectivity index (χ3n) is 3.08. The molecule has 4 heteroatoms. The van der Waals surface area contributed by atoms with Crippen LogP contribution in [-0.2, 0) is 0 Å². The second-order valence-electron chi connectivity index (χ2n) is 5.19. The van der Waals surface area contributed by atoms with Crippen molar-refractivity contribution in [2.24, 2.45) is 11.5 Å². The summed E-state index contributed by atoms with van der Waals surface area (Å²) in [5.74, 6) is 0. The van der Waals surface area contributed by atoms with E-state index in [9.17, 15) is 0 Å². The molecule has 1 heterocycles. The molecule has 0 aliphatic carbocycles. The molecule has 2 rings (SSSR count). The van der Waals surface area contributed by atoms with E-state index in [1.54, 1.807) is 11.3 Å². The first-order chi connectivity index (χ1) is 8.39. The largest absolute Gasteiger partial charge is 0.324 e. The number of rotatable bonds is 3. The minimum atomic E-state index is -0.415. The molecule has 18 heavy (non-hydrogen) atoms. The Morgan fingerprint density at radius 2 is 1.83 bits per heavy atom. The topological polar surface area (TPSA) is 64.9 Å². The molecule has 1 atom stereocenters. The second kappa shape index (κ2) is 4.80. The molecular weight excluding hydrogens is 242 g/mol. The van der Waals surface area contributed by atoms with Gasteiger partial charge in [0, 0.05) is 11.6 Å². The van der Waals surface area contributed by atoms with Crippen molar-refractivity contribution in [1.29, 1.82) is 0 Å². The molecule has 0 bridgehead atoms. The predicted octanol–water partition coefficient (Wildman–Crippen LogP) is 2.86. The van der Waals surface area contributed by atoms with Crippen LogP contribution in [0.3, 0.4) is 0 Å². The molecule has 0 saturated carbocycles. The Hall–Kier alpha value is -1.23. The predicted molar refractivity (Wildman–Crippen MR) is 77.5 cm³/mol. The van der Waals surface area contributed by atoms with Gasteiger partial charge in [-0.15, -0.1) is 11.3 Å². The van der Waals surface area contributed by atoms with Crippen LogP contribution in [0.2, 0.25) is 0 Å². The Balaban J connectivity index is 2.29. The van der Waals surface area contributed by atoms with Crippen molar-refractivity contribution in [2.75, 3.05) is 0 Å². The zero-order chi connectivity index (χ0) is 13.3. The van der Waals surface area contributed by atoms with Crippen molar-refractivity contribution in [1.82, 2.24) is 4.98 Å². The van der Waals surface area contributed by atoms with Gasteiger partial charge < -0.3 is 11.5 Å². The van der Waals surface area contributed by atoms with E-state index in [4.69, 9.17) is 11.5 Å². The lowest BCUT2D eigenvalue weighted by Crippen LogP contribution is -2.43. The summed E-state index contributed by atoms with van der Waals surface area (Å²) in [5.41, 5.74) is 16.9. The average Bonchev–Trinajstić information content (AvgIpc) is 2.73. The minimum absolute atomic E-state index is 0.158. The van der Waals surface area contributed by atoms with Gasteiger partial charge in [0.2, 0.25) is 0 Å². The lowest BCUT2D eigenvalue weighted by atomic mass is 9.90. The minimum Gasteiger partial charge on any atom is -0.324 e. The van der Waals surface area contributed by atoms with Crippen molar-refractivity contribution >= 4 is 11.3 Å². The van der Waals surface area contributed by atoms with Gasteiger partial charge in [-0.2, -0.15) is 0 Å². The molecule has 0 radical (unpaired) electrons. The van der Waals surface area contributed by atoms with Gasteiger partial charge in [0.25, 0.3) is 0 Å². The van der Waals surface area contributed by atoms with Gasteiger partial charge in [-0.3, -0.25) is 0 Å². The zero-order valence-electron chi connectivity index (χ0n) is 11.0. The van der Waals surface area contributed by atoms with Crippen LogP contribution in [0.25, 0.3) is 10.4 Å². The summed E-state index contributed by atoms with van der Waals surface area (Å²) in [6.07, 6.45) is 0. The first kappa shape index (κ1) is 13.2. The Bertz CT molecular complexity index is 523. The fraction of sp³-hybridized carbons (Fsp3) is 0.357. The quantitative estimate of drug-likeness (QED) is 0.893. The Kier molecular flexibility index (Phi) is 3.52. The van der Waals surface area contributed by atoms with Gasteiger partial charge in [-0.1, -0.05) is 24.3 Å². The number of thiazole rings is 1. The van der Waals surface area contributed by atoms with Crippen LogP contribution in [-0.4, -0.2) is 10.5 Å². The van der Waals surface area contributed by atoms with Crippen LogP contribution in [0.1, 0.15) is 31.1 Å². The molecule has 0 amide bonds. The highest BCUT2D eigenvalue weighted by Crippen LogP contribution is 2.29. The van der Waals surface area contributed by atoms with Crippen molar-refractivity contribution in [3.05, 3.63) is 41.0 Å². The molecule has 4 N–H and O–H groups in total. The summed E-state index contributed by atoms with van der Waals surface area (Å²) in [4.78, 5) is 5.47. The summed E-state index contributed by atoms with van der Waals surface area (Å²) in [6, 6.07) is 8.11. The van der Waals surface area contributed by atoms with E-state index < -0.39 is 5.54 Å². The highest BCUT2D eigenvalue weighted by molar-refractivity contribution is 7.13. The van der Waals surface area contributed by atoms with E-state index in [1.807, 2.05) is 38.4 Å². The average molecular weight is 261 g/mol. The number of aryl methyl sites for hydroxylation is 1. The number of aromatic nitrogens is 1. The zero-order valence-corrected chi connectivity index (χ0v) is 11.8. The van der Waals surface area contributed by atoms with Crippen molar-refractivity contribution in [3.63, 3.8) is 0 Å². The fourth-order valence-corrected chi connectivity index (χ4v) is 2.66. The Morgan fingerprint density at radius 3 is 2.28 bits per heavy atom. The molecule has 1 aromatic carbocycles. The van der Waals surface area contributed by atoms with Crippen LogP contribution in [0.4, 0.5) is 0 Å². The molecule has 3 nitrogen and oxygen atoms in total. The first-order valence-corrected chi connectivity index (χ1v) is 6.82. The van der Waals surface area contributed by atoms with E-state index in [1.165, 1.54) is 10.4 Å². The van der Waals surface area contributed by atoms with Crippen LogP contribution < -0.4 is 11.5 Å². The molecule has 0 saturated heterocycles. The monoisotopic (exact) mass is 261 g/mol. The van der Waals surface area contributed by atoms with E-state index in [0.29, 0.717) is 0 Å². The van der Waals surface area contributed by atoms with Gasteiger partial charge in [-0.25, -0.2) is 4.98 Å². The van der Waals surface area contributed by atoms with Gasteiger partial charge in [0.05, 0.1) is 16.1 Å². The van der Waals surface area contributed by atoms with Gasteiger partial charge in [0.15, 0.2) is 0 Å². The fourth-order valence-electron chi connectivity index (χ4n) is 1.85. The maximum absolute atomic E-state index is 6.14. The van der Waals surface area contributed by atoms with E-state index >= 15 is 0 Å². The van der Waals surface area contributed by atoms with Crippen LogP contribution in [0, 0.1) is 6.92 Å². The van der Waals surface area contributed by atoms with Crippen LogP contribution in [0.5, 0.6) is 0 Å². The smallest absolute Gasteiger partial charge is 0.0801 e. The van der Waals surface area contributed by atoms with Crippen molar-refractivity contribution in [2.45, 2.75) is 32.4 Å². The highest BCUT2D eigenvalue weighted by atomic mass is 32.1. The van der Waals surface area contributed by atoms with Crippen LogP contribution >= 0.6 is 11.3 Å². The molecule has 0 aliphatic heterocycles. The number of hydrogen-bond acceptors (Lipinski definition) is 4. The van der Waals surface area contributed by atoms with E-state index in [-0.39, 0.29) is 6.04 Å². The van der Waals surface area contributed by atoms with E-state index in [2.05, 4.69) is 17.1 Å². The van der Waals surface area contributed by atoms with Crippen LogP contribution in [0.15, 0.2) is 29.8 Å².